The SMILES string of the molecule is O=CCCN(CCO)S(=O)(=O)C(F)(F)C(F)(F)C(F)(F)C(F)(F)C(F)(F)C(F)(F)C(F)(F)C(F)(F)F. The van der Waals surface area contributed by atoms with Gasteiger partial charge in [0.15, 0.2) is 0 Å². The molecule has 36 heavy (non-hydrogen) atoms. The third kappa shape index (κ3) is 4.58. The Kier molecular flexibility index (Phi) is 9.14. The molecule has 0 aliphatic carbocycles. The maximum Gasteiger partial charge on any atom is 0.460 e. The van der Waals surface area contributed by atoms with Gasteiger partial charge in [0.1, 0.15) is 6.29 Å². The van der Waals surface area contributed by atoms with Crippen molar-refractivity contribution in [3.8, 4) is 0 Å². The first-order valence-corrected chi connectivity index (χ1v) is 9.72. The van der Waals surface area contributed by atoms with Gasteiger partial charge in [-0.3, -0.25) is 0 Å². The molecule has 0 saturated carbocycles. The first kappa shape index (κ1) is 34.4. The van der Waals surface area contributed by atoms with Gasteiger partial charge in [-0.25, -0.2) is 8.42 Å². The molecule has 0 saturated heterocycles. The average Bonchev–Trinajstić information content (AvgIpc) is 2.68. The summed E-state index contributed by atoms with van der Waals surface area (Å²) in [5.41, 5.74) is 0. The lowest BCUT2D eigenvalue weighted by atomic mass is 9.91. The Morgan fingerprint density at radius 1 is 0.583 bits per heavy atom. The normalized spacial score (nSPS) is 16.0. The molecule has 0 heterocycles. The van der Waals surface area contributed by atoms with Crippen LogP contribution in [0, 0.1) is 0 Å². The second kappa shape index (κ2) is 9.58. The van der Waals surface area contributed by atoms with E-state index in [1.54, 1.807) is 0 Å². The zero-order valence-electron chi connectivity index (χ0n) is 16.4. The van der Waals surface area contributed by atoms with Crippen LogP contribution in [0.4, 0.5) is 74.6 Å². The molecule has 0 atom stereocenters. The highest BCUT2D eigenvalue weighted by Gasteiger charge is 2.96. The van der Waals surface area contributed by atoms with Gasteiger partial charge in [0.25, 0.3) is 10.0 Å². The molecule has 0 rings (SSSR count). The van der Waals surface area contributed by atoms with Crippen LogP contribution in [0.3, 0.4) is 0 Å². The van der Waals surface area contributed by atoms with Crippen LogP contribution >= 0.6 is 0 Å². The van der Waals surface area contributed by atoms with Gasteiger partial charge >= 0.3 is 47.0 Å². The molecule has 5 nitrogen and oxygen atoms in total. The molecule has 0 amide bonds. The van der Waals surface area contributed by atoms with Crippen LogP contribution in [-0.4, -0.2) is 90.8 Å². The number of rotatable bonds is 13. The summed E-state index contributed by atoms with van der Waals surface area (Å²) in [6.45, 7) is -5.02. The fraction of sp³-hybridized carbons (Fsp3) is 0.923. The molecule has 216 valence electrons. The summed E-state index contributed by atoms with van der Waals surface area (Å²) >= 11 is 0. The molecule has 0 bridgehead atoms. The first-order chi connectivity index (χ1) is 15.5. The van der Waals surface area contributed by atoms with E-state index in [0.29, 0.717) is 0 Å². The summed E-state index contributed by atoms with van der Waals surface area (Å²) in [6.07, 6.45) is -9.45. The van der Waals surface area contributed by atoms with Crippen molar-refractivity contribution in [3.05, 3.63) is 0 Å². The number of hydrogen-bond donors (Lipinski definition) is 1. The van der Waals surface area contributed by atoms with Gasteiger partial charge in [0.2, 0.25) is 0 Å². The topological polar surface area (TPSA) is 74.7 Å². The third-order valence-corrected chi connectivity index (χ3v) is 6.15. The average molecular weight is 599 g/mol. The number of halogens is 17. The summed E-state index contributed by atoms with van der Waals surface area (Å²) in [4.78, 5) is 10.2. The maximum atomic E-state index is 14.0. The number of aliphatic hydroxyl groups is 1. The minimum Gasteiger partial charge on any atom is -0.395 e. The van der Waals surface area contributed by atoms with E-state index in [-0.39, 0.29) is 6.29 Å². The zero-order valence-corrected chi connectivity index (χ0v) is 17.2. The number of alkyl halides is 17. The standard InChI is InChI=1S/C13H10F17NO4S/c14-6(15,8(18,19)10(22,23)12(26,27)28)7(16,17)9(20,21)11(24,25)13(29,30)36(34,35)31(3-5-33)2-1-4-32/h4,33H,1-3,5H2. The second-order valence-corrected chi connectivity index (χ2v) is 8.52. The van der Waals surface area contributed by atoms with E-state index in [1.165, 1.54) is 0 Å². The number of carbonyl (C=O) groups excluding carboxylic acids is 1. The second-order valence-electron chi connectivity index (χ2n) is 6.54. The van der Waals surface area contributed by atoms with E-state index in [2.05, 4.69) is 0 Å². The lowest BCUT2D eigenvalue weighted by molar-refractivity contribution is -0.458. The maximum absolute atomic E-state index is 14.0. The number of nitrogens with zero attached hydrogens (tertiary/aromatic N) is 1. The smallest absolute Gasteiger partial charge is 0.395 e. The molecule has 0 aromatic heterocycles. The van der Waals surface area contributed by atoms with Gasteiger partial charge in [0, 0.05) is 19.5 Å². The Morgan fingerprint density at radius 2 is 0.917 bits per heavy atom. The van der Waals surface area contributed by atoms with Crippen molar-refractivity contribution in [2.24, 2.45) is 0 Å². The van der Waals surface area contributed by atoms with Crippen LogP contribution in [0.25, 0.3) is 0 Å². The Morgan fingerprint density at radius 3 is 1.22 bits per heavy atom. The molecule has 0 fully saturated rings. The number of carbonyl (C=O) groups is 1. The van der Waals surface area contributed by atoms with E-state index in [1.807, 2.05) is 0 Å². The van der Waals surface area contributed by atoms with Crippen LogP contribution < -0.4 is 0 Å². The zero-order chi connectivity index (χ0) is 29.6. The third-order valence-electron chi connectivity index (χ3n) is 4.20. The van der Waals surface area contributed by atoms with Crippen LogP contribution in [-0.2, 0) is 14.8 Å². The van der Waals surface area contributed by atoms with Gasteiger partial charge in [-0.05, 0) is 0 Å². The van der Waals surface area contributed by atoms with E-state index in [4.69, 9.17) is 5.11 Å². The first-order valence-electron chi connectivity index (χ1n) is 8.28. The fourth-order valence-electron chi connectivity index (χ4n) is 2.13. The van der Waals surface area contributed by atoms with Crippen molar-refractivity contribution in [2.75, 3.05) is 19.7 Å². The molecule has 0 spiro atoms. The van der Waals surface area contributed by atoms with Crippen LogP contribution in [0.5, 0.6) is 0 Å². The van der Waals surface area contributed by atoms with Crippen molar-refractivity contribution in [1.29, 1.82) is 0 Å². The minimum atomic E-state index is -8.93. The van der Waals surface area contributed by atoms with Crippen LogP contribution in [0.15, 0.2) is 0 Å². The Labute approximate surface area is 187 Å². The summed E-state index contributed by atoms with van der Waals surface area (Å²) in [6, 6.07) is 0. The highest BCUT2D eigenvalue weighted by atomic mass is 32.2. The van der Waals surface area contributed by atoms with E-state index >= 15 is 0 Å². The summed E-state index contributed by atoms with van der Waals surface area (Å²) in [5.74, 6) is -52.1. The largest absolute Gasteiger partial charge is 0.460 e. The van der Waals surface area contributed by atoms with Crippen molar-refractivity contribution in [3.63, 3.8) is 0 Å². The van der Waals surface area contributed by atoms with Gasteiger partial charge in [-0.15, -0.1) is 0 Å². The van der Waals surface area contributed by atoms with E-state index in [0.717, 1.165) is 0 Å². The molecular formula is C13H10F17NO4S. The predicted octanol–water partition coefficient (Wildman–Crippen LogP) is 4.17. The summed E-state index contributed by atoms with van der Waals surface area (Å²) < 4.78 is 247. The van der Waals surface area contributed by atoms with E-state index < -0.39 is 87.4 Å². The number of aldehydes is 1. The molecule has 23 heteroatoms. The summed E-state index contributed by atoms with van der Waals surface area (Å²) in [5, 5.41) is 0.835. The van der Waals surface area contributed by atoms with Gasteiger partial charge in [-0.2, -0.15) is 78.9 Å². The molecule has 0 aliphatic heterocycles. The Hall–Kier alpha value is -1.65. The van der Waals surface area contributed by atoms with Gasteiger partial charge in [0.05, 0.1) is 6.61 Å². The monoisotopic (exact) mass is 599 g/mol. The molecule has 0 aromatic rings. The number of aliphatic hydroxyl groups excluding tert-OH is 1. The van der Waals surface area contributed by atoms with Crippen LogP contribution in [0.2, 0.25) is 0 Å². The molecule has 0 unspecified atom stereocenters. The quantitative estimate of drug-likeness (QED) is 0.255. The molecule has 0 aliphatic rings. The summed E-state index contributed by atoms with van der Waals surface area (Å²) in [7, 11) is -7.51. The van der Waals surface area contributed by atoms with Crippen LogP contribution in [0.1, 0.15) is 6.42 Å². The lowest BCUT2D eigenvalue weighted by Crippen LogP contribution is -2.75. The Bertz CT molecular complexity index is 899. The van der Waals surface area contributed by atoms with Gasteiger partial charge < -0.3 is 9.90 Å². The highest BCUT2D eigenvalue weighted by molar-refractivity contribution is 7.90. The van der Waals surface area contributed by atoms with E-state index in [9.17, 15) is 87.8 Å². The molecule has 0 aromatic carbocycles. The number of sulfonamides is 1. The molecule has 0 radical (unpaired) electrons. The predicted molar refractivity (Wildman–Crippen MR) is 78.9 cm³/mol. The molecular weight excluding hydrogens is 589 g/mol. The Balaban J connectivity index is 7.01. The lowest BCUT2D eigenvalue weighted by Gasteiger charge is -2.43. The van der Waals surface area contributed by atoms with Crippen molar-refractivity contribution in [1.82, 2.24) is 4.31 Å². The molecule has 1 N–H and O–H groups in total. The van der Waals surface area contributed by atoms with Gasteiger partial charge in [-0.1, -0.05) is 0 Å². The van der Waals surface area contributed by atoms with Crippen molar-refractivity contribution in [2.45, 2.75) is 53.4 Å². The van der Waals surface area contributed by atoms with Crippen molar-refractivity contribution >= 4 is 16.3 Å². The van der Waals surface area contributed by atoms with Crippen molar-refractivity contribution < 1.29 is 93.0 Å². The number of hydrogen-bond acceptors (Lipinski definition) is 4. The minimum absolute atomic E-state index is 0.317. The fourth-order valence-corrected chi connectivity index (χ4v) is 3.58. The highest BCUT2D eigenvalue weighted by Crippen LogP contribution is 2.64.